The monoisotopic (exact) mass is 368 g/mol. The molecule has 3 rings (SSSR count). The maximum absolute atomic E-state index is 14.0. The Morgan fingerprint density at radius 3 is 2.44 bits per heavy atom. The van der Waals surface area contributed by atoms with E-state index in [0.29, 0.717) is 16.7 Å². The van der Waals surface area contributed by atoms with Gasteiger partial charge in [0.15, 0.2) is 17.5 Å². The number of rotatable bonds is 2. The third-order valence-electron chi connectivity index (χ3n) is 3.92. The minimum absolute atomic E-state index is 0.0936. The van der Waals surface area contributed by atoms with E-state index in [1.807, 2.05) is 0 Å². The molecule has 1 atom stereocenters. The predicted molar refractivity (Wildman–Crippen MR) is 84.6 cm³/mol. The molecule has 0 spiro atoms. The third kappa shape index (κ3) is 3.19. The van der Waals surface area contributed by atoms with Crippen LogP contribution in [-0.4, -0.2) is 29.8 Å². The summed E-state index contributed by atoms with van der Waals surface area (Å²) in [5, 5.41) is 3.07. The Kier molecular flexibility index (Phi) is 4.67. The second-order valence-electron chi connectivity index (χ2n) is 5.47. The summed E-state index contributed by atoms with van der Waals surface area (Å²) in [7, 11) is 0. The summed E-state index contributed by atoms with van der Waals surface area (Å²) in [4.78, 5) is 26.1. The van der Waals surface area contributed by atoms with Crippen LogP contribution >= 0.6 is 11.6 Å². The molecule has 2 aromatic rings. The van der Waals surface area contributed by atoms with Crippen LogP contribution in [0.5, 0.6) is 0 Å². The first kappa shape index (κ1) is 17.3. The Hall–Kier alpha value is -2.54. The normalized spacial score (nSPS) is 17.4. The van der Waals surface area contributed by atoms with Gasteiger partial charge in [-0.2, -0.15) is 0 Å². The van der Waals surface area contributed by atoms with Crippen LogP contribution in [-0.2, 0) is 4.79 Å². The molecule has 8 heteroatoms. The highest BCUT2D eigenvalue weighted by molar-refractivity contribution is 6.30. The average molecular weight is 369 g/mol. The average Bonchev–Trinajstić information content (AvgIpc) is 2.60. The summed E-state index contributed by atoms with van der Waals surface area (Å²) in [6.45, 7) is 0.260. The van der Waals surface area contributed by atoms with E-state index in [1.54, 1.807) is 24.3 Å². The molecule has 1 unspecified atom stereocenters. The van der Waals surface area contributed by atoms with Gasteiger partial charge in [-0.25, -0.2) is 13.2 Å². The quantitative estimate of drug-likeness (QED) is 0.828. The molecule has 2 aromatic carbocycles. The lowest BCUT2D eigenvalue weighted by Crippen LogP contribution is -2.52. The molecule has 1 heterocycles. The van der Waals surface area contributed by atoms with Gasteiger partial charge in [-0.1, -0.05) is 23.7 Å². The lowest BCUT2D eigenvalue weighted by molar-refractivity contribution is -0.128. The maximum atomic E-state index is 14.0. The van der Waals surface area contributed by atoms with Crippen LogP contribution in [0.2, 0.25) is 5.02 Å². The van der Waals surface area contributed by atoms with Crippen molar-refractivity contribution in [2.75, 3.05) is 13.1 Å². The number of nitrogens with zero attached hydrogens (tertiary/aromatic N) is 1. The number of hydrogen-bond donors (Lipinski definition) is 1. The Morgan fingerprint density at radius 2 is 1.76 bits per heavy atom. The standard InChI is InChI=1S/C17H12ClF3N2O2/c18-10-3-1-9(2-4-10)15-16(24)22-7-8-23(15)17(25)11-5-6-12(19)14(21)13(11)20/h1-6,15H,7-8H2,(H,22,24). The van der Waals surface area contributed by atoms with Crippen LogP contribution in [0.3, 0.4) is 0 Å². The van der Waals surface area contributed by atoms with E-state index >= 15 is 0 Å². The largest absolute Gasteiger partial charge is 0.352 e. The smallest absolute Gasteiger partial charge is 0.257 e. The minimum atomic E-state index is -1.73. The summed E-state index contributed by atoms with van der Waals surface area (Å²) >= 11 is 5.83. The van der Waals surface area contributed by atoms with Gasteiger partial charge in [0.2, 0.25) is 5.91 Å². The zero-order chi connectivity index (χ0) is 18.1. The number of amides is 2. The second kappa shape index (κ2) is 6.76. The summed E-state index contributed by atoms with van der Waals surface area (Å²) in [5.74, 6) is -6.04. The number of carbonyl (C=O) groups is 2. The molecule has 0 radical (unpaired) electrons. The molecule has 0 aromatic heterocycles. The molecule has 4 nitrogen and oxygen atoms in total. The molecule has 1 aliphatic rings. The minimum Gasteiger partial charge on any atom is -0.352 e. The third-order valence-corrected chi connectivity index (χ3v) is 4.18. The van der Waals surface area contributed by atoms with Crippen molar-refractivity contribution in [3.8, 4) is 0 Å². The molecule has 0 bridgehead atoms. The Bertz CT molecular complexity index is 843. The van der Waals surface area contributed by atoms with E-state index in [9.17, 15) is 22.8 Å². The SMILES string of the molecule is O=C1NCCN(C(=O)c2ccc(F)c(F)c2F)C1c1ccc(Cl)cc1. The van der Waals surface area contributed by atoms with Gasteiger partial charge in [0, 0.05) is 18.1 Å². The van der Waals surface area contributed by atoms with E-state index in [2.05, 4.69) is 5.32 Å². The van der Waals surface area contributed by atoms with Crippen LogP contribution in [0.4, 0.5) is 13.2 Å². The van der Waals surface area contributed by atoms with E-state index in [4.69, 9.17) is 11.6 Å². The lowest BCUT2D eigenvalue weighted by Gasteiger charge is -2.35. The molecule has 130 valence electrons. The molecule has 0 aliphatic carbocycles. The Labute approximate surface area is 146 Å². The van der Waals surface area contributed by atoms with Gasteiger partial charge >= 0.3 is 0 Å². The second-order valence-corrected chi connectivity index (χ2v) is 5.90. The van der Waals surface area contributed by atoms with E-state index in [0.717, 1.165) is 11.0 Å². The van der Waals surface area contributed by atoms with Gasteiger partial charge in [-0.15, -0.1) is 0 Å². The first-order valence-corrected chi connectivity index (χ1v) is 7.75. The van der Waals surface area contributed by atoms with Crippen LogP contribution in [0.15, 0.2) is 36.4 Å². The van der Waals surface area contributed by atoms with Crippen molar-refractivity contribution in [3.05, 3.63) is 70.0 Å². The van der Waals surface area contributed by atoms with Gasteiger partial charge in [0.1, 0.15) is 6.04 Å². The molecular formula is C17H12ClF3N2O2. The summed E-state index contributed by atoms with van der Waals surface area (Å²) < 4.78 is 40.5. The van der Waals surface area contributed by atoms with Gasteiger partial charge < -0.3 is 10.2 Å². The molecule has 1 N–H and O–H groups in total. The number of halogens is 4. The highest BCUT2D eigenvalue weighted by Crippen LogP contribution is 2.27. The van der Waals surface area contributed by atoms with Crippen molar-refractivity contribution in [1.29, 1.82) is 0 Å². The first-order chi connectivity index (χ1) is 11.9. The number of benzene rings is 2. The number of piperazine rings is 1. The van der Waals surface area contributed by atoms with Gasteiger partial charge in [0.25, 0.3) is 5.91 Å². The van der Waals surface area contributed by atoms with Crippen molar-refractivity contribution in [2.45, 2.75) is 6.04 Å². The molecule has 25 heavy (non-hydrogen) atoms. The molecule has 1 fully saturated rings. The fraction of sp³-hybridized carbons (Fsp3) is 0.176. The number of hydrogen-bond acceptors (Lipinski definition) is 2. The highest BCUT2D eigenvalue weighted by atomic mass is 35.5. The van der Waals surface area contributed by atoms with Crippen molar-refractivity contribution in [2.24, 2.45) is 0 Å². The van der Waals surface area contributed by atoms with Crippen LogP contribution in [0.1, 0.15) is 22.0 Å². The van der Waals surface area contributed by atoms with Gasteiger partial charge in [0.05, 0.1) is 5.56 Å². The van der Waals surface area contributed by atoms with Crippen LogP contribution in [0, 0.1) is 17.5 Å². The fourth-order valence-electron chi connectivity index (χ4n) is 2.71. The number of nitrogens with one attached hydrogen (secondary N) is 1. The molecular weight excluding hydrogens is 357 g/mol. The highest BCUT2D eigenvalue weighted by Gasteiger charge is 2.36. The van der Waals surface area contributed by atoms with E-state index in [-0.39, 0.29) is 13.1 Å². The first-order valence-electron chi connectivity index (χ1n) is 7.38. The van der Waals surface area contributed by atoms with Crippen LogP contribution in [0.25, 0.3) is 0 Å². The molecule has 1 aliphatic heterocycles. The Morgan fingerprint density at radius 1 is 1.08 bits per heavy atom. The lowest BCUT2D eigenvalue weighted by atomic mass is 10.0. The maximum Gasteiger partial charge on any atom is 0.257 e. The summed E-state index contributed by atoms with van der Waals surface area (Å²) in [5.41, 5.74) is -0.162. The van der Waals surface area contributed by atoms with Crippen molar-refractivity contribution >= 4 is 23.4 Å². The van der Waals surface area contributed by atoms with E-state index in [1.165, 1.54) is 0 Å². The molecule has 0 saturated carbocycles. The van der Waals surface area contributed by atoms with Crippen LogP contribution < -0.4 is 5.32 Å². The Balaban J connectivity index is 2.01. The number of carbonyl (C=O) groups excluding carboxylic acids is 2. The van der Waals surface area contributed by atoms with Crippen molar-refractivity contribution < 1.29 is 22.8 Å². The van der Waals surface area contributed by atoms with E-state index < -0.39 is 40.9 Å². The summed E-state index contributed by atoms with van der Waals surface area (Å²) in [6, 6.07) is 6.76. The van der Waals surface area contributed by atoms with Crippen molar-refractivity contribution in [3.63, 3.8) is 0 Å². The predicted octanol–water partition coefficient (Wildman–Crippen LogP) is 3.07. The summed E-state index contributed by atoms with van der Waals surface area (Å²) in [6.07, 6.45) is 0. The zero-order valence-corrected chi connectivity index (χ0v) is 13.5. The molecule has 2 amide bonds. The zero-order valence-electron chi connectivity index (χ0n) is 12.7. The van der Waals surface area contributed by atoms with Crippen molar-refractivity contribution in [1.82, 2.24) is 10.2 Å². The molecule has 1 saturated heterocycles. The van der Waals surface area contributed by atoms with Gasteiger partial charge in [-0.3, -0.25) is 9.59 Å². The topological polar surface area (TPSA) is 49.4 Å². The fourth-order valence-corrected chi connectivity index (χ4v) is 2.83. The van der Waals surface area contributed by atoms with Gasteiger partial charge in [-0.05, 0) is 29.8 Å².